The standard InChI is InChI=1S/C22H28N6O2S/c1-3-29-20-11-7-5-9-18(20)26-15-13-25(14-16-26)17-27-22(31)28(24-23-27)19-10-6-8-12-21(19)30-4-2/h5-12H,3-4,13-17H2,1-2H3. The smallest absolute Gasteiger partial charge is 0.222 e. The minimum atomic E-state index is 0.552. The van der Waals surface area contributed by atoms with Crippen LogP contribution in [0.2, 0.25) is 0 Å². The first-order valence-corrected chi connectivity index (χ1v) is 11.1. The van der Waals surface area contributed by atoms with Crippen molar-refractivity contribution in [1.82, 2.24) is 24.7 Å². The predicted molar refractivity (Wildman–Crippen MR) is 123 cm³/mol. The zero-order valence-electron chi connectivity index (χ0n) is 18.0. The van der Waals surface area contributed by atoms with Crippen molar-refractivity contribution in [3.05, 3.63) is 53.3 Å². The largest absolute Gasteiger partial charge is 0.492 e. The van der Waals surface area contributed by atoms with Crippen LogP contribution in [0.4, 0.5) is 5.69 Å². The molecule has 1 aromatic heterocycles. The third-order valence-electron chi connectivity index (χ3n) is 5.24. The van der Waals surface area contributed by atoms with Crippen LogP contribution >= 0.6 is 12.2 Å². The zero-order valence-corrected chi connectivity index (χ0v) is 18.8. The molecule has 1 aliphatic heterocycles. The highest BCUT2D eigenvalue weighted by molar-refractivity contribution is 7.71. The van der Waals surface area contributed by atoms with Crippen LogP contribution < -0.4 is 14.4 Å². The number of anilines is 1. The first-order valence-electron chi connectivity index (χ1n) is 10.7. The fourth-order valence-corrected chi connectivity index (χ4v) is 3.97. The molecule has 2 heterocycles. The molecule has 0 amide bonds. The van der Waals surface area contributed by atoms with E-state index in [0.29, 0.717) is 24.7 Å². The highest BCUT2D eigenvalue weighted by Gasteiger charge is 2.21. The zero-order chi connectivity index (χ0) is 21.6. The molecule has 0 bridgehead atoms. The maximum absolute atomic E-state index is 5.80. The lowest BCUT2D eigenvalue weighted by atomic mass is 10.2. The summed E-state index contributed by atoms with van der Waals surface area (Å²) in [5, 5.41) is 8.58. The molecule has 0 atom stereocenters. The first-order chi connectivity index (χ1) is 15.2. The van der Waals surface area contributed by atoms with Gasteiger partial charge in [-0.25, -0.2) is 4.68 Å². The van der Waals surface area contributed by atoms with Crippen molar-refractivity contribution in [2.45, 2.75) is 20.5 Å². The molecule has 1 saturated heterocycles. The van der Waals surface area contributed by atoms with Crippen LogP contribution in [0.3, 0.4) is 0 Å². The highest BCUT2D eigenvalue weighted by Crippen LogP contribution is 2.29. The van der Waals surface area contributed by atoms with Crippen LogP contribution in [-0.4, -0.2) is 64.1 Å². The summed E-state index contributed by atoms with van der Waals surface area (Å²) < 4.78 is 15.5. The lowest BCUT2D eigenvalue weighted by molar-refractivity contribution is 0.192. The van der Waals surface area contributed by atoms with Crippen molar-refractivity contribution in [3.63, 3.8) is 0 Å². The van der Waals surface area contributed by atoms with Gasteiger partial charge in [0.1, 0.15) is 17.2 Å². The summed E-state index contributed by atoms with van der Waals surface area (Å²) in [5.41, 5.74) is 1.96. The van der Waals surface area contributed by atoms with Crippen molar-refractivity contribution in [1.29, 1.82) is 0 Å². The second-order valence-electron chi connectivity index (χ2n) is 7.22. The topological polar surface area (TPSA) is 60.6 Å². The molecule has 0 N–H and O–H groups in total. The molecule has 4 rings (SSSR count). The molecular weight excluding hydrogens is 412 g/mol. The third-order valence-corrected chi connectivity index (χ3v) is 5.63. The van der Waals surface area contributed by atoms with Crippen LogP contribution in [0.25, 0.3) is 5.69 Å². The van der Waals surface area contributed by atoms with Gasteiger partial charge in [0.15, 0.2) is 0 Å². The summed E-state index contributed by atoms with van der Waals surface area (Å²) in [5.74, 6) is 1.69. The second kappa shape index (κ2) is 9.93. The van der Waals surface area contributed by atoms with Gasteiger partial charge in [-0.05, 0) is 60.8 Å². The van der Waals surface area contributed by atoms with E-state index in [2.05, 4.69) is 32.4 Å². The minimum Gasteiger partial charge on any atom is -0.492 e. The summed E-state index contributed by atoms with van der Waals surface area (Å²) in [6, 6.07) is 16.0. The number of tetrazole rings is 1. The van der Waals surface area contributed by atoms with Gasteiger partial charge in [-0.15, -0.1) is 0 Å². The van der Waals surface area contributed by atoms with Gasteiger partial charge in [-0.1, -0.05) is 24.3 Å². The Bertz CT molecular complexity index is 1060. The van der Waals surface area contributed by atoms with E-state index in [1.54, 1.807) is 9.36 Å². The van der Waals surface area contributed by atoms with E-state index < -0.39 is 0 Å². The Morgan fingerprint density at radius 1 is 0.806 bits per heavy atom. The third kappa shape index (κ3) is 4.72. The Balaban J connectivity index is 1.43. The number of para-hydroxylation sites is 4. The number of piperazine rings is 1. The van der Waals surface area contributed by atoms with Gasteiger partial charge < -0.3 is 14.4 Å². The number of hydrogen-bond acceptors (Lipinski definition) is 7. The van der Waals surface area contributed by atoms with Crippen molar-refractivity contribution in [2.75, 3.05) is 44.3 Å². The van der Waals surface area contributed by atoms with Crippen molar-refractivity contribution >= 4 is 17.9 Å². The van der Waals surface area contributed by atoms with Crippen molar-refractivity contribution in [3.8, 4) is 17.2 Å². The summed E-state index contributed by atoms with van der Waals surface area (Å²) >= 11 is 5.66. The molecule has 0 unspecified atom stereocenters. The summed E-state index contributed by atoms with van der Waals surface area (Å²) in [7, 11) is 0. The van der Waals surface area contributed by atoms with Gasteiger partial charge in [0.25, 0.3) is 0 Å². The molecule has 1 aliphatic rings. The van der Waals surface area contributed by atoms with Gasteiger partial charge in [0, 0.05) is 26.2 Å². The number of ether oxygens (including phenoxy) is 2. The number of nitrogens with zero attached hydrogens (tertiary/aromatic N) is 6. The molecule has 164 valence electrons. The van der Waals surface area contributed by atoms with Gasteiger partial charge in [0.05, 0.1) is 25.6 Å². The Morgan fingerprint density at radius 3 is 2.03 bits per heavy atom. The van der Waals surface area contributed by atoms with Crippen LogP contribution in [0.15, 0.2) is 48.5 Å². The molecule has 9 heteroatoms. The quantitative estimate of drug-likeness (QED) is 0.498. The monoisotopic (exact) mass is 440 g/mol. The Labute approximate surface area is 187 Å². The molecule has 31 heavy (non-hydrogen) atoms. The Morgan fingerprint density at radius 2 is 1.39 bits per heavy atom. The molecule has 1 fully saturated rings. The van der Waals surface area contributed by atoms with Crippen molar-refractivity contribution in [2.24, 2.45) is 0 Å². The molecule has 0 radical (unpaired) electrons. The minimum absolute atomic E-state index is 0.552. The average Bonchev–Trinajstić information content (AvgIpc) is 3.15. The fourth-order valence-electron chi connectivity index (χ4n) is 3.74. The molecule has 3 aromatic rings. The maximum Gasteiger partial charge on any atom is 0.222 e. The summed E-state index contributed by atoms with van der Waals surface area (Å²) in [6.45, 7) is 9.47. The van der Waals surface area contributed by atoms with E-state index in [0.717, 1.165) is 49.1 Å². The van der Waals surface area contributed by atoms with Crippen LogP contribution in [0.5, 0.6) is 11.5 Å². The Kier molecular flexibility index (Phi) is 6.83. The van der Waals surface area contributed by atoms with E-state index in [1.807, 2.05) is 50.2 Å². The highest BCUT2D eigenvalue weighted by atomic mass is 32.1. The molecule has 8 nitrogen and oxygen atoms in total. The van der Waals surface area contributed by atoms with Crippen LogP contribution in [0, 0.1) is 4.77 Å². The normalized spacial score (nSPS) is 14.6. The number of aromatic nitrogens is 4. The number of hydrogen-bond donors (Lipinski definition) is 0. The predicted octanol–water partition coefficient (Wildman–Crippen LogP) is 3.38. The Hall–Kier alpha value is -2.91. The molecular formula is C22H28N6O2S. The van der Waals surface area contributed by atoms with Gasteiger partial charge in [-0.2, -0.15) is 4.68 Å². The molecule has 0 spiro atoms. The first kappa shape index (κ1) is 21.3. The SMILES string of the molecule is CCOc1ccccc1N1CCN(Cn2nnn(-c3ccccc3OCC)c2=S)CC1. The lowest BCUT2D eigenvalue weighted by Gasteiger charge is -2.36. The number of benzene rings is 2. The summed E-state index contributed by atoms with van der Waals surface area (Å²) in [6.07, 6.45) is 0. The van der Waals surface area contributed by atoms with Crippen molar-refractivity contribution < 1.29 is 9.47 Å². The van der Waals surface area contributed by atoms with Gasteiger partial charge in [-0.3, -0.25) is 4.90 Å². The van der Waals surface area contributed by atoms with E-state index in [1.165, 1.54) is 0 Å². The van der Waals surface area contributed by atoms with E-state index >= 15 is 0 Å². The van der Waals surface area contributed by atoms with E-state index in [9.17, 15) is 0 Å². The molecule has 0 saturated carbocycles. The second-order valence-corrected chi connectivity index (χ2v) is 7.59. The average molecular weight is 441 g/mol. The van der Waals surface area contributed by atoms with Crippen LogP contribution in [-0.2, 0) is 6.67 Å². The van der Waals surface area contributed by atoms with Crippen LogP contribution in [0.1, 0.15) is 13.8 Å². The van der Waals surface area contributed by atoms with E-state index in [-0.39, 0.29) is 0 Å². The fraction of sp³-hybridized carbons (Fsp3) is 0.409. The van der Waals surface area contributed by atoms with Gasteiger partial charge in [0.2, 0.25) is 4.77 Å². The maximum atomic E-state index is 5.80. The summed E-state index contributed by atoms with van der Waals surface area (Å²) in [4.78, 5) is 4.71. The lowest BCUT2D eigenvalue weighted by Crippen LogP contribution is -2.47. The number of rotatable bonds is 8. The van der Waals surface area contributed by atoms with E-state index in [4.69, 9.17) is 21.7 Å². The van der Waals surface area contributed by atoms with Gasteiger partial charge >= 0.3 is 0 Å². The molecule has 2 aromatic carbocycles. The molecule has 0 aliphatic carbocycles.